The van der Waals surface area contributed by atoms with Gasteiger partial charge in [-0.25, -0.2) is 0 Å². The fraction of sp³-hybridized carbons (Fsp3) is 0.450. The largest absolute Gasteiger partial charge is 0.361 e. The summed E-state index contributed by atoms with van der Waals surface area (Å²) in [6.07, 6.45) is 2.66. The fourth-order valence-corrected chi connectivity index (χ4v) is 4.09. The van der Waals surface area contributed by atoms with Crippen molar-refractivity contribution in [3.05, 3.63) is 46.8 Å². The molecule has 1 fully saturated rings. The van der Waals surface area contributed by atoms with Crippen molar-refractivity contribution < 1.29 is 14.1 Å². The van der Waals surface area contributed by atoms with E-state index in [0.717, 1.165) is 35.5 Å². The van der Waals surface area contributed by atoms with Crippen LogP contribution in [0.2, 0.25) is 0 Å². The number of anilines is 1. The monoisotopic (exact) mass is 368 g/mol. The third kappa shape index (κ3) is 3.29. The molecule has 27 heavy (non-hydrogen) atoms. The van der Waals surface area contributed by atoms with Gasteiger partial charge in [-0.05, 0) is 45.2 Å². The molecule has 0 aliphatic carbocycles. The minimum atomic E-state index is -0.595. The minimum absolute atomic E-state index is 0.0870. The molecule has 0 saturated carbocycles. The van der Waals surface area contributed by atoms with E-state index in [1.165, 1.54) is 0 Å². The lowest BCUT2D eigenvalue weighted by molar-refractivity contribution is -0.133. The Morgan fingerprint density at radius 3 is 2.89 bits per heavy atom. The number of likely N-dealkylation sites (tertiary alicyclic amines) is 1. The number of carbonyl (C=O) groups is 2. The maximum absolute atomic E-state index is 12.8. The van der Waals surface area contributed by atoms with Crippen molar-refractivity contribution >= 4 is 17.5 Å². The Hall–Kier alpha value is -2.83. The van der Waals surface area contributed by atoms with Crippen molar-refractivity contribution in [2.24, 2.45) is 0 Å². The van der Waals surface area contributed by atoms with Gasteiger partial charge in [0.25, 0.3) is 5.91 Å². The number of para-hydroxylation sites is 1. The molecule has 2 aliphatic heterocycles. The first kappa shape index (κ1) is 17.6. The number of fused-ring (bicyclic) bond motifs is 1. The van der Waals surface area contributed by atoms with Crippen LogP contribution in [0.4, 0.5) is 5.69 Å². The molecule has 2 amide bonds. The van der Waals surface area contributed by atoms with Gasteiger partial charge in [-0.1, -0.05) is 17.3 Å². The first-order chi connectivity index (χ1) is 13.0. The topological polar surface area (TPSA) is 87.5 Å². The summed E-state index contributed by atoms with van der Waals surface area (Å²) in [6.45, 7) is 4.94. The second-order valence-corrected chi connectivity index (χ2v) is 7.43. The Kier molecular flexibility index (Phi) is 4.37. The summed E-state index contributed by atoms with van der Waals surface area (Å²) >= 11 is 0. The van der Waals surface area contributed by atoms with Crippen molar-refractivity contribution in [1.82, 2.24) is 15.4 Å². The summed E-state index contributed by atoms with van der Waals surface area (Å²) in [7, 11) is 0. The lowest BCUT2D eigenvalue weighted by Crippen LogP contribution is -2.66. The van der Waals surface area contributed by atoms with Crippen molar-refractivity contribution in [1.29, 1.82) is 0 Å². The van der Waals surface area contributed by atoms with Crippen LogP contribution in [0.1, 0.15) is 46.6 Å². The van der Waals surface area contributed by atoms with Gasteiger partial charge in [-0.2, -0.15) is 0 Å². The third-order valence-electron chi connectivity index (χ3n) is 5.51. The first-order valence-corrected chi connectivity index (χ1v) is 9.37. The second kappa shape index (κ2) is 6.72. The van der Waals surface area contributed by atoms with E-state index in [2.05, 4.69) is 15.8 Å². The molecule has 1 aromatic carbocycles. The van der Waals surface area contributed by atoms with Crippen molar-refractivity contribution in [3.8, 4) is 0 Å². The second-order valence-electron chi connectivity index (χ2n) is 7.43. The average Bonchev–Trinajstić information content (AvgIpc) is 2.97. The standard InChI is InChI=1S/C20H24N4O3/c1-13-15(14(2)27-23-13)8-9-18(25)24-11-5-10-20(12-24)21-17-7-4-3-6-16(17)19(26)22-20/h3-4,6-7,21H,5,8-12H2,1-2H3,(H,22,26)/t20-/m0/s1. The minimum Gasteiger partial charge on any atom is -0.361 e. The van der Waals surface area contributed by atoms with E-state index < -0.39 is 5.66 Å². The van der Waals surface area contributed by atoms with Gasteiger partial charge in [0, 0.05) is 24.2 Å². The van der Waals surface area contributed by atoms with Crippen LogP contribution in [0.3, 0.4) is 0 Å². The van der Waals surface area contributed by atoms with Crippen LogP contribution in [0.15, 0.2) is 28.8 Å². The van der Waals surface area contributed by atoms with Gasteiger partial charge >= 0.3 is 0 Å². The lowest BCUT2D eigenvalue weighted by Gasteiger charge is -2.46. The van der Waals surface area contributed by atoms with E-state index >= 15 is 0 Å². The summed E-state index contributed by atoms with van der Waals surface area (Å²) in [5.74, 6) is 0.770. The number of nitrogens with zero attached hydrogens (tertiary/aromatic N) is 2. The quantitative estimate of drug-likeness (QED) is 0.869. The number of aromatic nitrogens is 1. The van der Waals surface area contributed by atoms with Crippen LogP contribution >= 0.6 is 0 Å². The number of hydrogen-bond donors (Lipinski definition) is 2. The Morgan fingerprint density at radius 1 is 1.30 bits per heavy atom. The van der Waals surface area contributed by atoms with E-state index in [4.69, 9.17) is 4.52 Å². The zero-order chi connectivity index (χ0) is 19.0. The number of rotatable bonds is 3. The number of benzene rings is 1. The number of piperidine rings is 1. The maximum atomic E-state index is 12.8. The van der Waals surface area contributed by atoms with Gasteiger partial charge in [0.15, 0.2) is 0 Å². The third-order valence-corrected chi connectivity index (χ3v) is 5.51. The molecule has 2 aromatic rings. The van der Waals surface area contributed by atoms with Gasteiger partial charge in [0.05, 0.1) is 17.8 Å². The summed E-state index contributed by atoms with van der Waals surface area (Å²) in [5.41, 5.74) is 2.72. The summed E-state index contributed by atoms with van der Waals surface area (Å²) < 4.78 is 5.18. The molecule has 0 bridgehead atoms. The average molecular weight is 368 g/mol. The Bertz CT molecular complexity index is 872. The highest BCUT2D eigenvalue weighted by atomic mass is 16.5. The lowest BCUT2D eigenvalue weighted by atomic mass is 9.93. The Morgan fingerprint density at radius 2 is 2.11 bits per heavy atom. The zero-order valence-corrected chi connectivity index (χ0v) is 15.7. The molecule has 1 atom stereocenters. The predicted molar refractivity (Wildman–Crippen MR) is 100 cm³/mol. The molecule has 142 valence electrons. The van der Waals surface area contributed by atoms with Gasteiger partial charge < -0.3 is 20.1 Å². The summed E-state index contributed by atoms with van der Waals surface area (Å²) in [4.78, 5) is 27.2. The van der Waals surface area contributed by atoms with Gasteiger partial charge in [0.2, 0.25) is 5.91 Å². The molecular formula is C20H24N4O3. The highest BCUT2D eigenvalue weighted by Gasteiger charge is 2.41. The van der Waals surface area contributed by atoms with Crippen LogP contribution < -0.4 is 10.6 Å². The molecule has 0 unspecified atom stereocenters. The van der Waals surface area contributed by atoms with E-state index in [-0.39, 0.29) is 11.8 Å². The molecule has 4 rings (SSSR count). The highest BCUT2D eigenvalue weighted by molar-refractivity contribution is 6.02. The van der Waals surface area contributed by atoms with Crippen LogP contribution in [-0.2, 0) is 11.2 Å². The van der Waals surface area contributed by atoms with Gasteiger partial charge in [-0.3, -0.25) is 9.59 Å². The molecule has 2 aliphatic rings. The first-order valence-electron chi connectivity index (χ1n) is 9.37. The number of nitrogens with one attached hydrogen (secondary N) is 2. The molecular weight excluding hydrogens is 344 g/mol. The molecule has 7 nitrogen and oxygen atoms in total. The SMILES string of the molecule is Cc1noc(C)c1CCC(=O)N1CCC[C@@]2(C1)NC(=O)c1ccccc1N2. The van der Waals surface area contributed by atoms with Gasteiger partial charge in [0.1, 0.15) is 11.4 Å². The Balaban J connectivity index is 1.45. The van der Waals surface area contributed by atoms with Crippen LogP contribution in [0, 0.1) is 13.8 Å². The molecule has 7 heteroatoms. The van der Waals surface area contributed by atoms with Crippen molar-refractivity contribution in [2.75, 3.05) is 18.4 Å². The van der Waals surface area contributed by atoms with Crippen molar-refractivity contribution in [3.63, 3.8) is 0 Å². The van der Waals surface area contributed by atoms with E-state index in [0.29, 0.717) is 31.5 Å². The fourth-order valence-electron chi connectivity index (χ4n) is 4.09. The van der Waals surface area contributed by atoms with Gasteiger partial charge in [-0.15, -0.1) is 0 Å². The number of hydrogen-bond acceptors (Lipinski definition) is 5. The van der Waals surface area contributed by atoms with Crippen LogP contribution in [0.25, 0.3) is 0 Å². The number of carbonyl (C=O) groups excluding carboxylic acids is 2. The van der Waals surface area contributed by atoms with E-state index in [1.807, 2.05) is 36.9 Å². The van der Waals surface area contributed by atoms with E-state index in [1.54, 1.807) is 6.07 Å². The molecule has 2 N–H and O–H groups in total. The molecule has 3 heterocycles. The maximum Gasteiger partial charge on any atom is 0.255 e. The zero-order valence-electron chi connectivity index (χ0n) is 15.7. The molecule has 1 aromatic heterocycles. The number of aryl methyl sites for hydroxylation is 2. The molecule has 1 saturated heterocycles. The van der Waals surface area contributed by atoms with Crippen LogP contribution in [0.5, 0.6) is 0 Å². The normalized spacial score (nSPS) is 21.6. The molecule has 0 radical (unpaired) electrons. The smallest absolute Gasteiger partial charge is 0.255 e. The molecule has 1 spiro atoms. The van der Waals surface area contributed by atoms with Crippen LogP contribution in [-0.4, -0.2) is 40.6 Å². The summed E-state index contributed by atoms with van der Waals surface area (Å²) in [5, 5.41) is 10.5. The Labute approximate surface area is 158 Å². The number of amides is 2. The predicted octanol–water partition coefficient (Wildman–Crippen LogP) is 2.40. The summed E-state index contributed by atoms with van der Waals surface area (Å²) in [6, 6.07) is 7.48. The highest BCUT2D eigenvalue weighted by Crippen LogP contribution is 2.30. The van der Waals surface area contributed by atoms with Crippen molar-refractivity contribution in [2.45, 2.75) is 45.2 Å². The van der Waals surface area contributed by atoms with E-state index in [9.17, 15) is 9.59 Å².